The smallest absolute Gasteiger partial charge is 0.137 e. The molecule has 1 unspecified atom stereocenters. The number of phenolic OH excluding ortho intramolecular Hbond substituents is 1. The predicted octanol–water partition coefficient (Wildman–Crippen LogP) is 3.44. The number of hydrogen-bond donors (Lipinski definition) is 2. The molecule has 3 heteroatoms. The van der Waals surface area contributed by atoms with E-state index in [-0.39, 0.29) is 5.75 Å². The molecule has 2 nitrogen and oxygen atoms in total. The van der Waals surface area contributed by atoms with E-state index in [0.29, 0.717) is 10.9 Å². The lowest BCUT2D eigenvalue weighted by Crippen LogP contribution is -2.29. The van der Waals surface area contributed by atoms with Gasteiger partial charge in [-0.05, 0) is 68.3 Å². The maximum absolute atomic E-state index is 9.94. The number of halogens is 1. The molecule has 17 heavy (non-hydrogen) atoms. The van der Waals surface area contributed by atoms with Gasteiger partial charge in [0.25, 0.3) is 0 Å². The van der Waals surface area contributed by atoms with Crippen molar-refractivity contribution >= 4 is 11.6 Å². The first-order valence-corrected chi connectivity index (χ1v) is 6.60. The summed E-state index contributed by atoms with van der Waals surface area (Å²) in [6.45, 7) is 8.16. The SMILES string of the molecule is Cc1c(C)c(C2CCCNC2)c(C)c(Cl)c1O. The van der Waals surface area contributed by atoms with Crippen LogP contribution in [0.4, 0.5) is 0 Å². The molecule has 0 amide bonds. The van der Waals surface area contributed by atoms with E-state index in [9.17, 15) is 5.11 Å². The zero-order valence-corrected chi connectivity index (χ0v) is 11.5. The molecule has 94 valence electrons. The third kappa shape index (κ3) is 2.16. The quantitative estimate of drug-likeness (QED) is 0.804. The van der Waals surface area contributed by atoms with Gasteiger partial charge in [-0.2, -0.15) is 0 Å². The van der Waals surface area contributed by atoms with Crippen molar-refractivity contribution in [2.45, 2.75) is 39.5 Å². The van der Waals surface area contributed by atoms with Crippen LogP contribution in [0.25, 0.3) is 0 Å². The van der Waals surface area contributed by atoms with E-state index in [4.69, 9.17) is 11.6 Å². The predicted molar refractivity (Wildman–Crippen MR) is 72.2 cm³/mol. The first-order valence-electron chi connectivity index (χ1n) is 6.22. The van der Waals surface area contributed by atoms with Gasteiger partial charge in [-0.1, -0.05) is 11.6 Å². The van der Waals surface area contributed by atoms with Gasteiger partial charge in [-0.25, -0.2) is 0 Å². The van der Waals surface area contributed by atoms with Gasteiger partial charge in [0.2, 0.25) is 0 Å². The number of aromatic hydroxyl groups is 1. The van der Waals surface area contributed by atoms with Gasteiger partial charge in [0, 0.05) is 6.54 Å². The number of rotatable bonds is 1. The molecule has 1 aliphatic rings. The molecular formula is C14H20ClNO. The van der Waals surface area contributed by atoms with Crippen molar-refractivity contribution in [2.24, 2.45) is 0 Å². The van der Waals surface area contributed by atoms with Crippen LogP contribution in [-0.2, 0) is 0 Å². The average molecular weight is 254 g/mol. The first-order chi connectivity index (χ1) is 8.04. The Kier molecular flexibility index (Phi) is 3.64. The second-order valence-corrected chi connectivity index (χ2v) is 5.37. The molecular weight excluding hydrogens is 234 g/mol. The van der Waals surface area contributed by atoms with E-state index in [1.165, 1.54) is 24.0 Å². The van der Waals surface area contributed by atoms with Gasteiger partial charge in [-0.3, -0.25) is 0 Å². The molecule has 2 rings (SSSR count). The van der Waals surface area contributed by atoms with Gasteiger partial charge < -0.3 is 10.4 Å². The molecule has 0 saturated carbocycles. The fourth-order valence-corrected chi connectivity index (χ4v) is 3.08. The van der Waals surface area contributed by atoms with E-state index in [2.05, 4.69) is 12.2 Å². The highest BCUT2D eigenvalue weighted by Gasteiger charge is 2.23. The van der Waals surface area contributed by atoms with Crippen LogP contribution in [0.15, 0.2) is 0 Å². The minimum atomic E-state index is 0.245. The summed E-state index contributed by atoms with van der Waals surface area (Å²) in [6.07, 6.45) is 2.41. The lowest BCUT2D eigenvalue weighted by molar-refractivity contribution is 0.453. The number of benzene rings is 1. The third-order valence-corrected chi connectivity index (χ3v) is 4.43. The maximum atomic E-state index is 9.94. The summed E-state index contributed by atoms with van der Waals surface area (Å²) in [6, 6.07) is 0. The number of nitrogens with one attached hydrogen (secondary N) is 1. The van der Waals surface area contributed by atoms with Crippen molar-refractivity contribution < 1.29 is 5.11 Å². The molecule has 1 heterocycles. The Morgan fingerprint density at radius 1 is 1.18 bits per heavy atom. The maximum Gasteiger partial charge on any atom is 0.137 e. The monoisotopic (exact) mass is 253 g/mol. The summed E-state index contributed by atoms with van der Waals surface area (Å²) >= 11 is 6.21. The minimum absolute atomic E-state index is 0.245. The lowest BCUT2D eigenvalue weighted by Gasteiger charge is -2.28. The Hall–Kier alpha value is -0.730. The highest BCUT2D eigenvalue weighted by molar-refractivity contribution is 6.33. The van der Waals surface area contributed by atoms with Crippen LogP contribution in [-0.4, -0.2) is 18.2 Å². The molecule has 0 bridgehead atoms. The molecule has 0 aliphatic carbocycles. The van der Waals surface area contributed by atoms with Gasteiger partial charge >= 0.3 is 0 Å². The number of piperidine rings is 1. The standard InChI is InChI=1S/C14H20ClNO/c1-8-9(2)14(17)13(15)10(3)12(8)11-5-4-6-16-7-11/h11,16-17H,4-7H2,1-3H3. The summed E-state index contributed by atoms with van der Waals surface area (Å²) in [7, 11) is 0. The molecule has 1 fully saturated rings. The van der Waals surface area contributed by atoms with Gasteiger partial charge in [0.15, 0.2) is 0 Å². The van der Waals surface area contributed by atoms with Gasteiger partial charge in [-0.15, -0.1) is 0 Å². The number of hydrogen-bond acceptors (Lipinski definition) is 2. The van der Waals surface area contributed by atoms with Crippen LogP contribution in [0.1, 0.15) is 41.0 Å². The Morgan fingerprint density at radius 3 is 2.47 bits per heavy atom. The summed E-state index contributed by atoms with van der Waals surface area (Å²) < 4.78 is 0. The van der Waals surface area contributed by atoms with Crippen molar-refractivity contribution in [3.63, 3.8) is 0 Å². The summed E-state index contributed by atoms with van der Waals surface area (Å²) in [4.78, 5) is 0. The average Bonchev–Trinajstić information content (AvgIpc) is 2.36. The highest BCUT2D eigenvalue weighted by Crippen LogP contribution is 2.40. The largest absolute Gasteiger partial charge is 0.506 e. The topological polar surface area (TPSA) is 32.3 Å². The molecule has 1 atom stereocenters. The Bertz CT molecular complexity index is 407. The van der Waals surface area contributed by atoms with Crippen LogP contribution in [0.3, 0.4) is 0 Å². The normalized spacial score (nSPS) is 20.6. The number of phenols is 1. The fourth-order valence-electron chi connectivity index (χ4n) is 2.83. The molecule has 0 spiro atoms. The van der Waals surface area contributed by atoms with Gasteiger partial charge in [0.05, 0.1) is 5.02 Å². The van der Waals surface area contributed by atoms with Crippen LogP contribution >= 0.6 is 11.6 Å². The molecule has 0 aromatic heterocycles. The molecule has 2 N–H and O–H groups in total. The van der Waals surface area contributed by atoms with E-state index in [1.54, 1.807) is 0 Å². The van der Waals surface area contributed by atoms with Crippen LogP contribution in [0.5, 0.6) is 5.75 Å². The summed E-state index contributed by atoms with van der Waals surface area (Å²) in [5, 5.41) is 13.9. The van der Waals surface area contributed by atoms with Crippen LogP contribution < -0.4 is 5.32 Å². The first kappa shape index (κ1) is 12.7. The van der Waals surface area contributed by atoms with E-state index in [1.807, 2.05) is 13.8 Å². The third-order valence-electron chi connectivity index (χ3n) is 3.97. The lowest BCUT2D eigenvalue weighted by atomic mass is 9.84. The van der Waals surface area contributed by atoms with Crippen LogP contribution in [0.2, 0.25) is 5.02 Å². The van der Waals surface area contributed by atoms with E-state index < -0.39 is 0 Å². The van der Waals surface area contributed by atoms with E-state index in [0.717, 1.165) is 24.2 Å². The molecule has 1 aromatic rings. The van der Waals surface area contributed by atoms with Crippen molar-refractivity contribution in [2.75, 3.05) is 13.1 Å². The summed E-state index contributed by atoms with van der Waals surface area (Å²) in [5.74, 6) is 0.773. The fraction of sp³-hybridized carbons (Fsp3) is 0.571. The second kappa shape index (κ2) is 4.87. The van der Waals surface area contributed by atoms with Crippen molar-refractivity contribution in [1.29, 1.82) is 0 Å². The Morgan fingerprint density at radius 2 is 1.88 bits per heavy atom. The Labute approximate surface area is 108 Å². The molecule has 1 saturated heterocycles. The van der Waals surface area contributed by atoms with Crippen molar-refractivity contribution in [3.05, 3.63) is 27.3 Å². The van der Waals surface area contributed by atoms with Crippen molar-refractivity contribution in [3.8, 4) is 5.75 Å². The van der Waals surface area contributed by atoms with Crippen molar-refractivity contribution in [1.82, 2.24) is 5.32 Å². The summed E-state index contributed by atoms with van der Waals surface area (Å²) in [5.41, 5.74) is 4.48. The molecule has 1 aromatic carbocycles. The zero-order chi connectivity index (χ0) is 12.6. The minimum Gasteiger partial charge on any atom is -0.506 e. The molecule has 0 radical (unpaired) electrons. The highest BCUT2D eigenvalue weighted by atomic mass is 35.5. The van der Waals surface area contributed by atoms with Crippen LogP contribution in [0, 0.1) is 20.8 Å². The Balaban J connectivity index is 2.52. The molecule has 1 aliphatic heterocycles. The second-order valence-electron chi connectivity index (χ2n) is 4.99. The van der Waals surface area contributed by atoms with Gasteiger partial charge in [0.1, 0.15) is 5.75 Å². The zero-order valence-electron chi connectivity index (χ0n) is 10.7. The van der Waals surface area contributed by atoms with E-state index >= 15 is 0 Å².